The third-order valence-corrected chi connectivity index (χ3v) is 9.17. The maximum absolute atomic E-state index is 13.4. The molecule has 3 aromatic rings. The Morgan fingerprint density at radius 2 is 1.77 bits per heavy atom. The summed E-state index contributed by atoms with van der Waals surface area (Å²) >= 11 is 0. The molecule has 1 aliphatic heterocycles. The minimum atomic E-state index is -3.12. The largest absolute Gasteiger partial charge is 0.340 e. The van der Waals surface area contributed by atoms with Crippen molar-refractivity contribution in [2.45, 2.75) is 44.2 Å². The van der Waals surface area contributed by atoms with Gasteiger partial charge in [0.2, 0.25) is 5.91 Å². The lowest BCUT2D eigenvalue weighted by Gasteiger charge is -2.30. The van der Waals surface area contributed by atoms with Gasteiger partial charge in [-0.25, -0.2) is 13.4 Å². The highest BCUT2D eigenvalue weighted by molar-refractivity contribution is 7.91. The van der Waals surface area contributed by atoms with Crippen LogP contribution in [-0.2, 0) is 14.6 Å². The monoisotopic (exact) mass is 549 g/mol. The van der Waals surface area contributed by atoms with Gasteiger partial charge in [0.15, 0.2) is 9.84 Å². The minimum absolute atomic E-state index is 0.0429. The fourth-order valence-electron chi connectivity index (χ4n) is 5.05. The molecule has 0 unspecified atom stereocenters. The summed E-state index contributed by atoms with van der Waals surface area (Å²) in [6.07, 6.45) is 7.46. The van der Waals surface area contributed by atoms with Crippen LogP contribution in [0.2, 0.25) is 0 Å². The molecule has 2 fully saturated rings. The molecular weight excluding hydrogens is 514 g/mol. The van der Waals surface area contributed by atoms with Crippen LogP contribution in [0.3, 0.4) is 0 Å². The zero-order valence-corrected chi connectivity index (χ0v) is 22.9. The van der Waals surface area contributed by atoms with Crippen molar-refractivity contribution in [3.63, 3.8) is 0 Å². The summed E-state index contributed by atoms with van der Waals surface area (Å²) in [5.74, 6) is -0.123. The molecule has 2 aromatic carbocycles. The van der Waals surface area contributed by atoms with Crippen molar-refractivity contribution in [2.24, 2.45) is 0 Å². The van der Waals surface area contributed by atoms with Gasteiger partial charge in [0.25, 0.3) is 5.91 Å². The Morgan fingerprint density at radius 1 is 1.05 bits per heavy atom. The zero-order chi connectivity index (χ0) is 27.4. The second kappa shape index (κ2) is 11.7. The topological polar surface area (TPSA) is 113 Å². The van der Waals surface area contributed by atoms with Gasteiger partial charge in [0.05, 0.1) is 17.8 Å². The average Bonchev–Trinajstić information content (AvgIpc) is 3.49. The predicted molar refractivity (Wildman–Crippen MR) is 150 cm³/mol. The third kappa shape index (κ3) is 6.93. The number of carbonyl (C=O) groups is 2. The fourth-order valence-corrected chi connectivity index (χ4v) is 6.25. The number of aryl methyl sites for hydroxylation is 1. The Balaban J connectivity index is 1.18. The van der Waals surface area contributed by atoms with Gasteiger partial charge in [-0.1, -0.05) is 29.8 Å². The highest BCUT2D eigenvalue weighted by Gasteiger charge is 2.37. The second-order valence-corrected chi connectivity index (χ2v) is 12.8. The van der Waals surface area contributed by atoms with E-state index in [1.165, 1.54) is 11.1 Å². The van der Waals surface area contributed by atoms with Crippen molar-refractivity contribution in [1.29, 1.82) is 0 Å². The lowest BCUT2D eigenvalue weighted by molar-refractivity contribution is -0.133. The van der Waals surface area contributed by atoms with Crippen molar-refractivity contribution in [2.75, 3.05) is 31.1 Å². The number of aromatic nitrogens is 2. The van der Waals surface area contributed by atoms with Crippen LogP contribution in [0.5, 0.6) is 0 Å². The van der Waals surface area contributed by atoms with Gasteiger partial charge in [-0.2, -0.15) is 0 Å². The zero-order valence-electron chi connectivity index (χ0n) is 22.1. The molecule has 2 heterocycles. The number of hydrogen-bond acceptors (Lipinski definition) is 6. The van der Waals surface area contributed by atoms with Gasteiger partial charge in [-0.15, -0.1) is 0 Å². The summed E-state index contributed by atoms with van der Waals surface area (Å²) in [5, 5.41) is 6.51. The van der Waals surface area contributed by atoms with E-state index in [0.717, 1.165) is 18.7 Å². The molecule has 2 N–H and O–H groups in total. The molecule has 1 saturated heterocycles. The van der Waals surface area contributed by atoms with Crippen LogP contribution in [-0.4, -0.2) is 77.9 Å². The Hall–Kier alpha value is -3.50. The van der Waals surface area contributed by atoms with Crippen LogP contribution in [0.4, 0.5) is 0 Å². The van der Waals surface area contributed by atoms with E-state index in [9.17, 15) is 18.0 Å². The molecule has 2 amide bonds. The summed E-state index contributed by atoms with van der Waals surface area (Å²) in [7, 11) is -3.12. The molecule has 3 atom stereocenters. The highest BCUT2D eigenvalue weighted by atomic mass is 32.2. The van der Waals surface area contributed by atoms with Gasteiger partial charge >= 0.3 is 0 Å². The summed E-state index contributed by atoms with van der Waals surface area (Å²) in [4.78, 5) is 32.1. The van der Waals surface area contributed by atoms with E-state index in [1.54, 1.807) is 29.6 Å². The molecule has 10 heteroatoms. The summed E-state index contributed by atoms with van der Waals surface area (Å²) in [6, 6.07) is 15.5. The van der Waals surface area contributed by atoms with Gasteiger partial charge < -0.3 is 20.1 Å². The highest BCUT2D eigenvalue weighted by Crippen LogP contribution is 2.40. The van der Waals surface area contributed by atoms with Crippen LogP contribution in [0, 0.1) is 6.92 Å². The Bertz CT molecular complexity index is 1370. The number of imidazole rings is 1. The quantitative estimate of drug-likeness (QED) is 0.376. The first kappa shape index (κ1) is 27.1. The van der Waals surface area contributed by atoms with Gasteiger partial charge in [-0.05, 0) is 62.6 Å². The molecule has 0 bridgehead atoms. The van der Waals surface area contributed by atoms with E-state index >= 15 is 0 Å². The Morgan fingerprint density at radius 3 is 2.44 bits per heavy atom. The van der Waals surface area contributed by atoms with E-state index in [1.807, 2.05) is 22.9 Å². The van der Waals surface area contributed by atoms with Crippen LogP contribution < -0.4 is 10.6 Å². The van der Waals surface area contributed by atoms with E-state index in [-0.39, 0.29) is 36.4 Å². The molecule has 206 valence electrons. The SMILES string of the molecule is Cc1ccc([C@@H]2C[C@H]2NCCC[C@H](NC(=O)c2ccc(-n3ccnc3)cc2)C(=O)N2CCS(=O)(=O)CC2)cc1. The number of benzene rings is 2. The molecule has 9 nitrogen and oxygen atoms in total. The van der Waals surface area contributed by atoms with Crippen LogP contribution in [0.15, 0.2) is 67.3 Å². The molecule has 39 heavy (non-hydrogen) atoms. The van der Waals surface area contributed by atoms with Crippen molar-refractivity contribution in [1.82, 2.24) is 25.1 Å². The predicted octanol–water partition coefficient (Wildman–Crippen LogP) is 2.46. The molecule has 1 aliphatic carbocycles. The average molecular weight is 550 g/mol. The maximum atomic E-state index is 13.4. The van der Waals surface area contributed by atoms with E-state index in [2.05, 4.69) is 46.8 Å². The number of sulfone groups is 1. The summed E-state index contributed by atoms with van der Waals surface area (Å²) < 4.78 is 25.6. The molecule has 5 rings (SSSR count). The molecule has 0 spiro atoms. The molecule has 1 saturated carbocycles. The van der Waals surface area contributed by atoms with E-state index in [4.69, 9.17) is 0 Å². The second-order valence-electron chi connectivity index (χ2n) is 10.5. The summed E-state index contributed by atoms with van der Waals surface area (Å²) in [6.45, 7) is 3.14. The minimum Gasteiger partial charge on any atom is -0.340 e. The molecule has 1 aromatic heterocycles. The smallest absolute Gasteiger partial charge is 0.251 e. The normalized spacial score (nSPS) is 20.8. The van der Waals surface area contributed by atoms with Crippen LogP contribution in [0.25, 0.3) is 5.69 Å². The van der Waals surface area contributed by atoms with Crippen molar-refractivity contribution in [3.8, 4) is 5.69 Å². The van der Waals surface area contributed by atoms with Gasteiger partial charge in [0, 0.05) is 48.7 Å². The van der Waals surface area contributed by atoms with Crippen molar-refractivity contribution < 1.29 is 18.0 Å². The third-order valence-electron chi connectivity index (χ3n) is 7.56. The Labute approximate surface area is 229 Å². The molecule has 0 radical (unpaired) electrons. The van der Waals surface area contributed by atoms with Gasteiger partial charge in [-0.3, -0.25) is 9.59 Å². The number of rotatable bonds is 10. The van der Waals surface area contributed by atoms with Crippen LogP contribution in [0.1, 0.15) is 46.7 Å². The number of hydrogen-bond donors (Lipinski definition) is 2. The van der Waals surface area contributed by atoms with Crippen molar-refractivity contribution >= 4 is 21.7 Å². The maximum Gasteiger partial charge on any atom is 0.251 e. The van der Waals surface area contributed by atoms with E-state index < -0.39 is 15.9 Å². The number of nitrogens with one attached hydrogen (secondary N) is 2. The fraction of sp³-hybridized carbons (Fsp3) is 0.414. The first-order valence-electron chi connectivity index (χ1n) is 13.5. The van der Waals surface area contributed by atoms with Crippen molar-refractivity contribution in [3.05, 3.63) is 83.9 Å². The lowest BCUT2D eigenvalue weighted by Crippen LogP contribution is -2.53. The van der Waals surface area contributed by atoms with Gasteiger partial charge in [0.1, 0.15) is 6.04 Å². The number of amides is 2. The lowest BCUT2D eigenvalue weighted by atomic mass is 10.1. The first-order chi connectivity index (χ1) is 18.8. The molecule has 2 aliphatic rings. The summed E-state index contributed by atoms with van der Waals surface area (Å²) in [5.41, 5.74) is 3.93. The standard InChI is InChI=1S/C29H35N5O4S/c1-21-4-6-22(7-5-21)25-19-27(25)31-12-2-3-26(29(36)33-15-17-39(37,38)18-16-33)32-28(35)23-8-10-24(11-9-23)34-14-13-30-20-34/h4-11,13-14,20,25-27,31H,2-3,12,15-19H2,1H3,(H,32,35)/t25-,26-,27+/m0/s1. The van der Waals surface area contributed by atoms with Crippen LogP contribution >= 0.6 is 0 Å². The number of carbonyl (C=O) groups excluding carboxylic acids is 2. The van der Waals surface area contributed by atoms with E-state index in [0.29, 0.717) is 30.4 Å². The number of nitrogens with zero attached hydrogens (tertiary/aromatic N) is 3. The Kier molecular flexibility index (Phi) is 8.13. The molecular formula is C29H35N5O4S. The first-order valence-corrected chi connectivity index (χ1v) is 15.3.